The molecule has 0 spiro atoms. The molecular weight excluding hydrogens is 875 g/mol. The van der Waals surface area contributed by atoms with E-state index in [0.717, 1.165) is 5.57 Å². The van der Waals surface area contributed by atoms with Crippen molar-refractivity contribution in [2.24, 2.45) is 35.5 Å². The Balaban J connectivity index is 1.69. The number of carbonyl (C=O) groups is 5. The molecule has 0 aromatic carbocycles. The van der Waals surface area contributed by atoms with Gasteiger partial charge in [0, 0.05) is 58.5 Å². The standard InChI is InChI=1S/C53H83NO14/c1-32-16-12-11-13-17-33(2)44(63-8)30-40-21-19-38(7)53(62,68-40)50(59)51(60)54-23-15-14-18-41(54)52(61)67-45(35(4)28-39-20-22-43(66-25-24-55)46(29-39)64-9)31-42(56)34(3)27-37(6)48(58)49(65-10)47(57)36(5)26-32/h11-13,16-17,27,32,34-36,38-41,43-46,48-49,55,58,62H,14-15,18-26,28-31H2,1-10H3/b13-11+,16-12+,33-17+,37-27+/t32-,34-,35-,36-,38-,39+,40+,41+,43-,44+,45+,46-,48-,49+,53-/m1/s1/i24T2. The van der Waals surface area contributed by atoms with Gasteiger partial charge in [-0.05, 0) is 107 Å². The summed E-state index contributed by atoms with van der Waals surface area (Å²) in [6, 6.07) is -1.18. The number of ketones is 3. The third kappa shape index (κ3) is 15.3. The number of Topliss-reactive ketones (excluding diaryl/α,β-unsaturated/α-hetero) is 3. The van der Waals surface area contributed by atoms with Crippen molar-refractivity contribution in [2.45, 2.75) is 180 Å². The lowest BCUT2D eigenvalue weighted by atomic mass is 9.78. The summed E-state index contributed by atoms with van der Waals surface area (Å²) in [6.45, 7) is 9.59. The Kier molecular flexibility index (Phi) is 21.6. The van der Waals surface area contributed by atoms with Crippen LogP contribution in [0.2, 0.25) is 0 Å². The Morgan fingerprint density at radius 3 is 2.29 bits per heavy atom. The minimum Gasteiger partial charge on any atom is -0.460 e. The average molecular weight is 962 g/mol. The smallest absolute Gasteiger partial charge is 0.329 e. The lowest BCUT2D eigenvalue weighted by molar-refractivity contribution is -0.265. The fourth-order valence-electron chi connectivity index (χ4n) is 10.4. The number of nitrogens with zero attached hydrogens (tertiary/aromatic N) is 1. The van der Waals surface area contributed by atoms with Crippen LogP contribution in [0.4, 0.5) is 0 Å². The van der Waals surface area contributed by atoms with Crippen molar-refractivity contribution in [3.63, 3.8) is 0 Å². The van der Waals surface area contributed by atoms with Crippen molar-refractivity contribution in [1.82, 2.24) is 4.90 Å². The van der Waals surface area contributed by atoms with Crippen molar-refractivity contribution in [2.75, 3.05) is 41.0 Å². The fourth-order valence-corrected chi connectivity index (χ4v) is 10.4. The number of allylic oxidation sites excluding steroid dienone is 6. The largest absolute Gasteiger partial charge is 0.460 e. The first kappa shape index (κ1) is 53.9. The van der Waals surface area contributed by atoms with E-state index in [2.05, 4.69) is 0 Å². The molecule has 2 bridgehead atoms. The molecule has 0 aromatic heterocycles. The molecule has 1 amide bonds. The normalized spacial score (nSPS) is 39.8. The molecule has 3 fully saturated rings. The first-order valence-electron chi connectivity index (χ1n) is 25.8. The van der Waals surface area contributed by atoms with E-state index in [4.69, 9.17) is 31.2 Å². The molecular formula is C53H83NO14. The first-order valence-corrected chi connectivity index (χ1v) is 24.8. The summed E-state index contributed by atoms with van der Waals surface area (Å²) in [5.74, 6) is -8.39. The molecule has 68 heavy (non-hydrogen) atoms. The number of fused-ring (bicyclic) bond motifs is 3. The minimum absolute atomic E-state index is 0.00121. The van der Waals surface area contributed by atoms with Crippen LogP contribution in [-0.2, 0) is 52.4 Å². The molecule has 3 heterocycles. The van der Waals surface area contributed by atoms with Crippen molar-refractivity contribution in [1.29, 1.82) is 0 Å². The van der Waals surface area contributed by atoms with Crippen LogP contribution in [0, 0.1) is 35.5 Å². The van der Waals surface area contributed by atoms with Crippen molar-refractivity contribution < 1.29 is 70.5 Å². The highest BCUT2D eigenvalue weighted by Gasteiger charge is 2.53. The van der Waals surface area contributed by atoms with E-state index in [1.54, 1.807) is 40.9 Å². The van der Waals surface area contributed by atoms with Gasteiger partial charge in [0.2, 0.25) is 5.79 Å². The molecule has 0 aromatic rings. The van der Waals surface area contributed by atoms with Gasteiger partial charge in [-0.15, -0.1) is 0 Å². The van der Waals surface area contributed by atoms with Gasteiger partial charge in [-0.25, -0.2) is 4.79 Å². The second-order valence-corrected chi connectivity index (χ2v) is 20.0. The van der Waals surface area contributed by atoms with Gasteiger partial charge in [-0.1, -0.05) is 71.1 Å². The van der Waals surface area contributed by atoms with Gasteiger partial charge >= 0.3 is 5.97 Å². The van der Waals surface area contributed by atoms with Gasteiger partial charge in [0.25, 0.3) is 11.7 Å². The van der Waals surface area contributed by atoms with Crippen molar-refractivity contribution in [3.8, 4) is 0 Å². The summed E-state index contributed by atoms with van der Waals surface area (Å²) in [6.07, 6.45) is 10.6. The number of methoxy groups -OCH3 is 3. The number of esters is 1. The number of amides is 1. The topological polar surface area (TPSA) is 205 Å². The maximum Gasteiger partial charge on any atom is 0.329 e. The van der Waals surface area contributed by atoms with Gasteiger partial charge in [0.15, 0.2) is 5.78 Å². The zero-order valence-corrected chi connectivity index (χ0v) is 42.2. The Morgan fingerprint density at radius 1 is 0.882 bits per heavy atom. The number of piperidine rings is 1. The van der Waals surface area contributed by atoms with E-state index in [-0.39, 0.29) is 42.8 Å². The number of cyclic esters (lactones) is 1. The van der Waals surface area contributed by atoms with E-state index in [1.807, 2.05) is 51.2 Å². The monoisotopic (exact) mass is 962 g/mol. The van der Waals surface area contributed by atoms with Crippen LogP contribution in [0.3, 0.4) is 0 Å². The fraction of sp³-hybridized carbons (Fsp3) is 0.755. The molecule has 0 unspecified atom stereocenters. The minimum atomic E-state index is -2.50. The number of hydrogen-bond acceptors (Lipinski definition) is 14. The van der Waals surface area contributed by atoms with Crippen LogP contribution in [0.1, 0.15) is 128 Å². The van der Waals surface area contributed by atoms with Gasteiger partial charge in [-0.2, -0.15) is 0 Å². The summed E-state index contributed by atoms with van der Waals surface area (Å²) in [5, 5.41) is 33.1. The molecule has 4 aliphatic rings. The van der Waals surface area contributed by atoms with E-state index in [0.29, 0.717) is 69.8 Å². The van der Waals surface area contributed by atoms with Gasteiger partial charge < -0.3 is 48.6 Å². The van der Waals surface area contributed by atoms with Crippen molar-refractivity contribution in [3.05, 3.63) is 47.6 Å². The molecule has 4 rings (SSSR count). The number of carbonyl (C=O) groups excluding carboxylic acids is 5. The van der Waals surface area contributed by atoms with E-state index in [1.165, 1.54) is 19.1 Å². The van der Waals surface area contributed by atoms with E-state index in [9.17, 15) is 39.3 Å². The Hall–Kier alpha value is -3.41. The maximum atomic E-state index is 14.5. The molecule has 384 valence electrons. The van der Waals surface area contributed by atoms with Crippen LogP contribution in [0.25, 0.3) is 0 Å². The quantitative estimate of drug-likeness (QED) is 0.134. The van der Waals surface area contributed by atoms with Gasteiger partial charge in [0.1, 0.15) is 30.1 Å². The molecule has 2 saturated heterocycles. The molecule has 3 N–H and O–H groups in total. The van der Waals surface area contributed by atoms with Crippen LogP contribution < -0.4 is 0 Å². The second-order valence-electron chi connectivity index (χ2n) is 20.0. The predicted molar refractivity (Wildman–Crippen MR) is 256 cm³/mol. The highest BCUT2D eigenvalue weighted by atomic mass is 16.6. The molecule has 15 atom stereocenters. The van der Waals surface area contributed by atoms with Crippen LogP contribution >= 0.6 is 0 Å². The first-order chi connectivity index (χ1) is 32.9. The average Bonchev–Trinajstić information content (AvgIpc) is 3.32. The summed E-state index contributed by atoms with van der Waals surface area (Å²) >= 11 is 0. The number of ether oxygens (including phenoxy) is 6. The van der Waals surface area contributed by atoms with E-state index < -0.39 is 109 Å². The zero-order valence-electron chi connectivity index (χ0n) is 44.2. The van der Waals surface area contributed by atoms with Crippen LogP contribution in [0.15, 0.2) is 47.6 Å². The van der Waals surface area contributed by atoms with Crippen molar-refractivity contribution >= 4 is 29.2 Å². The number of rotatable bonds is 9. The SMILES string of the molecule is [3H]C([3H])(O)CO[C@@H]1CC[C@@H](C[C@@H](C)[C@@H]2CC(=O)[C@H](C)/C=C(\C)[C@@H](O)[C@@H](OC)C(=O)[C@H](C)C[C@H](C)/C=C/C=C/C=C(\C)[C@@H](OC)C[C@@H]3CC[C@@H](C)[C@@](O)(O3)C(=O)C(=O)N3CCCC[C@H]3C(=O)O2)C[C@H]1OC. The Labute approximate surface area is 407 Å². The van der Waals surface area contributed by atoms with Gasteiger partial charge in [-0.3, -0.25) is 19.2 Å². The molecule has 1 saturated carbocycles. The lowest BCUT2D eigenvalue weighted by Crippen LogP contribution is -2.61. The van der Waals surface area contributed by atoms with E-state index >= 15 is 0 Å². The third-order valence-corrected chi connectivity index (χ3v) is 14.8. The highest BCUT2D eigenvalue weighted by molar-refractivity contribution is 6.39. The molecule has 3 aliphatic heterocycles. The summed E-state index contributed by atoms with van der Waals surface area (Å²) in [5.41, 5.74) is 1.23. The van der Waals surface area contributed by atoms with Gasteiger partial charge in [0.05, 0.1) is 40.3 Å². The van der Waals surface area contributed by atoms with Crippen LogP contribution in [0.5, 0.6) is 0 Å². The second kappa shape index (κ2) is 27.3. The van der Waals surface area contributed by atoms with Crippen LogP contribution in [-0.4, -0.2) is 145 Å². The molecule has 1 aliphatic carbocycles. The number of aliphatic hydroxyl groups is 3. The summed E-state index contributed by atoms with van der Waals surface area (Å²) in [7, 11) is 4.47. The number of aliphatic hydroxyl groups excluding tert-OH is 1. The third-order valence-electron chi connectivity index (χ3n) is 14.8. The predicted octanol–water partition coefficient (Wildman–Crippen LogP) is 6.20. The summed E-state index contributed by atoms with van der Waals surface area (Å²) < 4.78 is 50.3. The molecule has 15 nitrogen and oxygen atoms in total. The number of hydrogen-bond donors (Lipinski definition) is 3. The lowest BCUT2D eigenvalue weighted by Gasteiger charge is -2.42. The summed E-state index contributed by atoms with van der Waals surface area (Å²) in [4.78, 5) is 72.2. The Morgan fingerprint density at radius 2 is 1.62 bits per heavy atom. The molecule has 0 radical (unpaired) electrons. The molecule has 15 heteroatoms. The maximum absolute atomic E-state index is 14.5. The Bertz CT molecular complexity index is 1900. The zero-order chi connectivity index (χ0) is 52.1. The highest BCUT2D eigenvalue weighted by Crippen LogP contribution is 2.38.